The maximum atomic E-state index is 11.1. The molecule has 0 aromatic rings. The molecule has 0 aromatic heterocycles. The number of hydrogen-bond donors (Lipinski definition) is 1. The summed E-state index contributed by atoms with van der Waals surface area (Å²) >= 11 is 0. The minimum atomic E-state index is -3.44. The van der Waals surface area contributed by atoms with Gasteiger partial charge in [-0.1, -0.05) is 0 Å². The van der Waals surface area contributed by atoms with Gasteiger partial charge in [0.1, 0.15) is 0 Å². The molecule has 1 N–H and O–H groups in total. The van der Waals surface area contributed by atoms with E-state index in [9.17, 15) is 4.57 Å². The van der Waals surface area contributed by atoms with Crippen LogP contribution in [0.5, 0.6) is 0 Å². The van der Waals surface area contributed by atoms with Crippen molar-refractivity contribution in [3.63, 3.8) is 0 Å². The van der Waals surface area contributed by atoms with Gasteiger partial charge in [-0.05, 0) is 6.92 Å². The van der Waals surface area contributed by atoms with Crippen LogP contribution in [0.1, 0.15) is 6.92 Å². The fraction of sp³-hybridized carbons (Fsp3) is 1.00. The molecule has 0 aliphatic carbocycles. The van der Waals surface area contributed by atoms with E-state index in [1.807, 2.05) is 0 Å². The zero-order chi connectivity index (χ0) is 8.41. The zero-order valence-corrected chi connectivity index (χ0v) is 7.76. The maximum Gasteiger partial charge on any atom is 0.528 e. The van der Waals surface area contributed by atoms with Crippen LogP contribution < -0.4 is 0 Å². The molecule has 0 saturated heterocycles. The summed E-state index contributed by atoms with van der Waals surface area (Å²) in [5, 5.41) is 0. The fourth-order valence-corrected chi connectivity index (χ4v) is 1.02. The van der Waals surface area contributed by atoms with Crippen molar-refractivity contribution in [2.75, 3.05) is 27.7 Å². The largest absolute Gasteiger partial charge is 0.528 e. The van der Waals surface area contributed by atoms with Crippen LogP contribution in [0.25, 0.3) is 0 Å². The lowest BCUT2D eigenvalue weighted by molar-refractivity contribution is -0.758. The molecule has 10 heavy (non-hydrogen) atoms. The van der Waals surface area contributed by atoms with Crippen LogP contribution in [0.15, 0.2) is 0 Å². The van der Waals surface area contributed by atoms with E-state index in [0.29, 0.717) is 0 Å². The van der Waals surface area contributed by atoms with E-state index in [2.05, 4.69) is 4.52 Å². The highest BCUT2D eigenvalue weighted by Crippen LogP contribution is 2.48. The van der Waals surface area contributed by atoms with Crippen molar-refractivity contribution < 1.29 is 18.2 Å². The molecular formula is C5H15NO3P+. The Labute approximate surface area is 61.6 Å². The van der Waals surface area contributed by atoms with Gasteiger partial charge in [0.2, 0.25) is 0 Å². The Bertz CT molecular complexity index is 151. The molecule has 1 unspecified atom stereocenters. The molecule has 0 aromatic carbocycles. The van der Waals surface area contributed by atoms with E-state index in [4.69, 9.17) is 4.89 Å². The Hall–Kier alpha value is 0.110. The van der Waals surface area contributed by atoms with Crippen molar-refractivity contribution in [2.24, 2.45) is 0 Å². The third-order valence-corrected chi connectivity index (χ3v) is 3.17. The predicted molar refractivity (Wildman–Crippen MR) is 39.5 cm³/mol. The summed E-state index contributed by atoms with van der Waals surface area (Å²) in [6.07, 6.45) is 0. The highest BCUT2D eigenvalue weighted by Gasteiger charge is 2.36. The van der Waals surface area contributed by atoms with Crippen molar-refractivity contribution in [1.29, 1.82) is 0 Å². The van der Waals surface area contributed by atoms with Gasteiger partial charge in [0.25, 0.3) is 0 Å². The summed E-state index contributed by atoms with van der Waals surface area (Å²) in [5.41, 5.74) is 0. The molecule has 1 atom stereocenters. The van der Waals surface area contributed by atoms with Gasteiger partial charge in [-0.3, -0.25) is 9.42 Å². The molecule has 62 valence electrons. The molecule has 5 heteroatoms. The molecule has 0 saturated carbocycles. The first kappa shape index (κ1) is 10.1. The molecular weight excluding hydrogens is 153 g/mol. The van der Waals surface area contributed by atoms with Gasteiger partial charge in [-0.2, -0.15) is 0 Å². The van der Waals surface area contributed by atoms with Crippen LogP contribution in [-0.2, 0) is 9.09 Å². The third kappa shape index (κ3) is 2.39. The second kappa shape index (κ2) is 3.01. The van der Waals surface area contributed by atoms with E-state index >= 15 is 0 Å². The normalized spacial score (nSPS) is 18.5. The van der Waals surface area contributed by atoms with Crippen molar-refractivity contribution in [2.45, 2.75) is 6.92 Å². The van der Waals surface area contributed by atoms with E-state index in [1.165, 1.54) is 0 Å². The molecule has 0 radical (unpaired) electrons. The van der Waals surface area contributed by atoms with Crippen molar-refractivity contribution >= 4 is 7.75 Å². The maximum absolute atomic E-state index is 11.1. The van der Waals surface area contributed by atoms with Crippen LogP contribution >= 0.6 is 7.75 Å². The molecule has 0 fully saturated rings. The lowest BCUT2D eigenvalue weighted by atomic mass is 10.9. The molecule has 4 nitrogen and oxygen atoms in total. The Balaban J connectivity index is 4.26. The topological polar surface area (TPSA) is 46.5 Å². The molecule has 0 bridgehead atoms. The van der Waals surface area contributed by atoms with E-state index in [-0.39, 0.29) is 10.9 Å². The van der Waals surface area contributed by atoms with Gasteiger partial charge in [0.15, 0.2) is 0 Å². The summed E-state index contributed by atoms with van der Waals surface area (Å²) < 4.78 is 15.8. The van der Waals surface area contributed by atoms with Crippen LogP contribution in [0.2, 0.25) is 0 Å². The van der Waals surface area contributed by atoms with Crippen LogP contribution in [0.3, 0.4) is 0 Å². The summed E-state index contributed by atoms with van der Waals surface area (Å²) in [7, 11) is 1.43. The van der Waals surface area contributed by atoms with Crippen molar-refractivity contribution in [3.8, 4) is 0 Å². The number of rotatable bonds is 3. The number of hydrogen-bond acceptors (Lipinski definition) is 2. The van der Waals surface area contributed by atoms with Crippen molar-refractivity contribution in [1.82, 2.24) is 0 Å². The van der Waals surface area contributed by atoms with Crippen LogP contribution in [0.4, 0.5) is 0 Å². The van der Waals surface area contributed by atoms with Crippen LogP contribution in [0, 0.1) is 0 Å². The zero-order valence-electron chi connectivity index (χ0n) is 6.87. The predicted octanol–water partition coefficient (Wildman–Crippen LogP) is 0.830. The minimum Gasteiger partial charge on any atom is -0.279 e. The Morgan fingerprint density at radius 2 is 1.90 bits per heavy atom. The summed E-state index contributed by atoms with van der Waals surface area (Å²) in [5.74, 6) is 0. The number of quaternary nitrogens is 1. The molecule has 0 heterocycles. The highest BCUT2D eigenvalue weighted by molar-refractivity contribution is 7.46. The van der Waals surface area contributed by atoms with Gasteiger partial charge in [0, 0.05) is 0 Å². The molecule has 0 rings (SSSR count). The molecule has 0 aliphatic rings. The summed E-state index contributed by atoms with van der Waals surface area (Å²) in [6.45, 7) is 1.96. The number of nitrogens with zero attached hydrogens (tertiary/aromatic N) is 1. The summed E-state index contributed by atoms with van der Waals surface area (Å²) in [6, 6.07) is 0. The Kier molecular flexibility index (Phi) is 3.04. The first-order chi connectivity index (χ1) is 4.31. The average Bonchev–Trinajstić information content (AvgIpc) is 1.61. The highest BCUT2D eigenvalue weighted by atomic mass is 31.2. The standard InChI is InChI=1S/C5H14NO3P/c1-5-9-10(7,8)6(2,3)4/h5H2,1-4H3/p+1. The second-order valence-electron chi connectivity index (χ2n) is 2.85. The molecule has 0 amide bonds. The van der Waals surface area contributed by atoms with Gasteiger partial charge in [0.05, 0.1) is 27.7 Å². The molecule has 0 aliphatic heterocycles. The lowest BCUT2D eigenvalue weighted by Gasteiger charge is -2.26. The average molecular weight is 168 g/mol. The smallest absolute Gasteiger partial charge is 0.279 e. The summed E-state index contributed by atoms with van der Waals surface area (Å²) in [4.78, 5) is 9.16. The quantitative estimate of drug-likeness (QED) is 0.635. The van der Waals surface area contributed by atoms with Gasteiger partial charge >= 0.3 is 7.75 Å². The SMILES string of the molecule is CCOP(=O)(O)[N+](C)(C)C. The first-order valence-corrected chi connectivity index (χ1v) is 4.63. The van der Waals surface area contributed by atoms with Crippen LogP contribution in [-0.4, -0.2) is 36.9 Å². The van der Waals surface area contributed by atoms with E-state index < -0.39 is 7.75 Å². The second-order valence-corrected chi connectivity index (χ2v) is 5.29. The first-order valence-electron chi connectivity index (χ1n) is 3.10. The van der Waals surface area contributed by atoms with E-state index in [0.717, 1.165) is 0 Å². The fourth-order valence-electron chi connectivity index (χ4n) is 0.341. The molecule has 0 spiro atoms. The third-order valence-electron chi connectivity index (χ3n) is 1.06. The Morgan fingerprint density at radius 3 is 2.00 bits per heavy atom. The monoisotopic (exact) mass is 168 g/mol. The minimum absolute atomic E-state index is 0.0547. The van der Waals surface area contributed by atoms with Gasteiger partial charge in [-0.15, -0.1) is 0 Å². The van der Waals surface area contributed by atoms with Gasteiger partial charge in [-0.25, -0.2) is 8.82 Å². The Morgan fingerprint density at radius 1 is 1.50 bits per heavy atom. The lowest BCUT2D eigenvalue weighted by Crippen LogP contribution is -2.31. The van der Waals surface area contributed by atoms with Gasteiger partial charge < -0.3 is 0 Å². The van der Waals surface area contributed by atoms with Crippen molar-refractivity contribution in [3.05, 3.63) is 0 Å². The van der Waals surface area contributed by atoms with E-state index in [1.54, 1.807) is 28.1 Å².